The quantitative estimate of drug-likeness (QED) is 0.830. The van der Waals surface area contributed by atoms with Crippen molar-refractivity contribution in [2.75, 3.05) is 5.73 Å². The number of anilines is 1. The average molecular weight is 299 g/mol. The Morgan fingerprint density at radius 2 is 1.75 bits per heavy atom. The summed E-state index contributed by atoms with van der Waals surface area (Å²) in [6.07, 6.45) is 0. The second kappa shape index (κ2) is 4.76. The molecule has 0 saturated heterocycles. The second-order valence-corrected chi connectivity index (χ2v) is 4.59. The van der Waals surface area contributed by atoms with Gasteiger partial charge in [0, 0.05) is 9.50 Å². The van der Waals surface area contributed by atoms with Gasteiger partial charge in [0.15, 0.2) is 5.75 Å². The fourth-order valence-electron chi connectivity index (χ4n) is 1.23. The molecule has 2 aromatic rings. The van der Waals surface area contributed by atoms with Gasteiger partial charge in [0.05, 0.1) is 5.69 Å². The Labute approximate surface area is 107 Å². The number of ether oxygens (including phenoxy) is 1. The SMILES string of the molecule is Nc1ccc(Br)cc1Oc1ccc(Cl)cc1. The minimum absolute atomic E-state index is 0.596. The van der Waals surface area contributed by atoms with Crippen molar-refractivity contribution in [2.24, 2.45) is 0 Å². The van der Waals surface area contributed by atoms with Gasteiger partial charge in [-0.05, 0) is 42.5 Å². The first-order valence-corrected chi connectivity index (χ1v) is 5.81. The number of benzene rings is 2. The second-order valence-electron chi connectivity index (χ2n) is 3.24. The van der Waals surface area contributed by atoms with Crippen LogP contribution >= 0.6 is 27.5 Å². The van der Waals surface area contributed by atoms with Crippen LogP contribution in [0.5, 0.6) is 11.5 Å². The Balaban J connectivity index is 2.26. The summed E-state index contributed by atoms with van der Waals surface area (Å²) in [6, 6.07) is 12.6. The van der Waals surface area contributed by atoms with Crippen molar-refractivity contribution in [1.82, 2.24) is 0 Å². The Hall–Kier alpha value is -1.19. The molecule has 0 fully saturated rings. The molecule has 2 rings (SSSR count). The molecule has 4 heteroatoms. The lowest BCUT2D eigenvalue weighted by Gasteiger charge is -2.08. The highest BCUT2D eigenvalue weighted by molar-refractivity contribution is 9.10. The van der Waals surface area contributed by atoms with E-state index in [1.54, 1.807) is 30.3 Å². The third kappa shape index (κ3) is 2.68. The van der Waals surface area contributed by atoms with E-state index in [0.29, 0.717) is 22.2 Å². The molecule has 82 valence electrons. The molecular formula is C12H9BrClNO. The molecule has 16 heavy (non-hydrogen) atoms. The molecule has 0 spiro atoms. The molecule has 0 aromatic heterocycles. The molecule has 0 radical (unpaired) electrons. The van der Waals surface area contributed by atoms with Gasteiger partial charge in [0.2, 0.25) is 0 Å². The third-order valence-corrected chi connectivity index (χ3v) is 2.76. The highest BCUT2D eigenvalue weighted by atomic mass is 79.9. The molecule has 0 bridgehead atoms. The normalized spacial score (nSPS) is 10.1. The molecule has 0 aliphatic rings. The summed E-state index contributed by atoms with van der Waals surface area (Å²) < 4.78 is 6.55. The summed E-state index contributed by atoms with van der Waals surface area (Å²) in [6.45, 7) is 0. The summed E-state index contributed by atoms with van der Waals surface area (Å²) >= 11 is 9.15. The summed E-state index contributed by atoms with van der Waals surface area (Å²) in [5, 5.41) is 0.676. The van der Waals surface area contributed by atoms with Crippen LogP contribution in [-0.4, -0.2) is 0 Å². The van der Waals surface area contributed by atoms with Crippen molar-refractivity contribution >= 4 is 33.2 Å². The lowest BCUT2D eigenvalue weighted by Crippen LogP contribution is -1.91. The molecule has 2 N–H and O–H groups in total. The van der Waals surface area contributed by atoms with Gasteiger partial charge >= 0.3 is 0 Å². The summed E-state index contributed by atoms with van der Waals surface area (Å²) in [7, 11) is 0. The Morgan fingerprint density at radius 1 is 1.06 bits per heavy atom. The van der Waals surface area contributed by atoms with Crippen LogP contribution < -0.4 is 10.5 Å². The van der Waals surface area contributed by atoms with Crippen molar-refractivity contribution in [3.8, 4) is 11.5 Å². The van der Waals surface area contributed by atoms with Crippen LogP contribution in [0.15, 0.2) is 46.9 Å². The smallest absolute Gasteiger partial charge is 0.151 e. The summed E-state index contributed by atoms with van der Waals surface area (Å²) in [5.41, 5.74) is 6.39. The highest BCUT2D eigenvalue weighted by Crippen LogP contribution is 2.30. The van der Waals surface area contributed by atoms with E-state index < -0.39 is 0 Å². The zero-order valence-electron chi connectivity index (χ0n) is 8.28. The van der Waals surface area contributed by atoms with Crippen molar-refractivity contribution < 1.29 is 4.74 Å². The molecule has 0 aliphatic carbocycles. The van der Waals surface area contributed by atoms with Crippen LogP contribution in [-0.2, 0) is 0 Å². The van der Waals surface area contributed by atoms with Crippen LogP contribution in [0.3, 0.4) is 0 Å². The van der Waals surface area contributed by atoms with E-state index in [9.17, 15) is 0 Å². The number of hydrogen-bond acceptors (Lipinski definition) is 2. The van der Waals surface area contributed by atoms with Crippen molar-refractivity contribution in [3.05, 3.63) is 52.0 Å². The van der Waals surface area contributed by atoms with E-state index in [0.717, 1.165) is 4.47 Å². The first-order valence-electron chi connectivity index (χ1n) is 4.63. The molecule has 0 saturated carbocycles. The van der Waals surface area contributed by atoms with Crippen LogP contribution in [0.2, 0.25) is 5.02 Å². The van der Waals surface area contributed by atoms with Gasteiger partial charge in [-0.15, -0.1) is 0 Å². The average Bonchev–Trinajstić information content (AvgIpc) is 2.27. The molecule has 2 nitrogen and oxygen atoms in total. The number of hydrogen-bond donors (Lipinski definition) is 1. The van der Waals surface area contributed by atoms with E-state index >= 15 is 0 Å². The molecule has 2 aromatic carbocycles. The van der Waals surface area contributed by atoms with E-state index in [1.807, 2.05) is 12.1 Å². The number of rotatable bonds is 2. The zero-order chi connectivity index (χ0) is 11.5. The highest BCUT2D eigenvalue weighted by Gasteiger charge is 2.02. The first-order chi connectivity index (χ1) is 7.65. The maximum Gasteiger partial charge on any atom is 0.151 e. The third-order valence-electron chi connectivity index (χ3n) is 2.02. The van der Waals surface area contributed by atoms with Gasteiger partial charge in [-0.1, -0.05) is 27.5 Å². The Kier molecular flexibility index (Phi) is 3.36. The lowest BCUT2D eigenvalue weighted by molar-refractivity contribution is 0.485. The van der Waals surface area contributed by atoms with E-state index in [2.05, 4.69) is 15.9 Å². The fourth-order valence-corrected chi connectivity index (χ4v) is 1.69. The molecular weight excluding hydrogens is 289 g/mol. The van der Waals surface area contributed by atoms with E-state index in [4.69, 9.17) is 22.1 Å². The van der Waals surface area contributed by atoms with E-state index in [-0.39, 0.29) is 0 Å². The van der Waals surface area contributed by atoms with Gasteiger partial charge in [0.1, 0.15) is 5.75 Å². The minimum atomic E-state index is 0.596. The first kappa shape index (κ1) is 11.3. The summed E-state index contributed by atoms with van der Waals surface area (Å²) in [4.78, 5) is 0. The minimum Gasteiger partial charge on any atom is -0.455 e. The fraction of sp³-hybridized carbons (Fsp3) is 0. The predicted octanol–water partition coefficient (Wildman–Crippen LogP) is 4.48. The zero-order valence-corrected chi connectivity index (χ0v) is 10.6. The monoisotopic (exact) mass is 297 g/mol. The van der Waals surface area contributed by atoms with E-state index in [1.165, 1.54) is 0 Å². The van der Waals surface area contributed by atoms with Crippen LogP contribution in [0, 0.1) is 0 Å². The maximum absolute atomic E-state index is 5.80. The molecule has 0 atom stereocenters. The van der Waals surface area contributed by atoms with Gasteiger partial charge in [-0.3, -0.25) is 0 Å². The van der Waals surface area contributed by atoms with Gasteiger partial charge in [-0.2, -0.15) is 0 Å². The van der Waals surface area contributed by atoms with Crippen molar-refractivity contribution in [2.45, 2.75) is 0 Å². The standard InChI is InChI=1S/C12H9BrClNO/c13-8-1-6-11(15)12(7-8)16-10-4-2-9(14)3-5-10/h1-7H,15H2. The van der Waals surface area contributed by atoms with Gasteiger partial charge < -0.3 is 10.5 Å². The maximum atomic E-state index is 5.80. The van der Waals surface area contributed by atoms with Crippen LogP contribution in [0.1, 0.15) is 0 Å². The number of halogens is 2. The lowest BCUT2D eigenvalue weighted by atomic mass is 10.3. The molecule has 0 unspecified atom stereocenters. The van der Waals surface area contributed by atoms with Gasteiger partial charge in [0.25, 0.3) is 0 Å². The van der Waals surface area contributed by atoms with Crippen LogP contribution in [0.4, 0.5) is 5.69 Å². The number of nitrogen functional groups attached to an aromatic ring is 1. The molecule has 0 aliphatic heterocycles. The predicted molar refractivity (Wildman–Crippen MR) is 70.1 cm³/mol. The van der Waals surface area contributed by atoms with Crippen molar-refractivity contribution in [3.63, 3.8) is 0 Å². The van der Waals surface area contributed by atoms with Crippen LogP contribution in [0.25, 0.3) is 0 Å². The topological polar surface area (TPSA) is 35.2 Å². The van der Waals surface area contributed by atoms with Crippen molar-refractivity contribution in [1.29, 1.82) is 0 Å². The summed E-state index contributed by atoms with van der Waals surface area (Å²) in [5.74, 6) is 1.32. The Bertz CT molecular complexity index is 499. The largest absolute Gasteiger partial charge is 0.455 e. The number of nitrogens with two attached hydrogens (primary N) is 1. The Morgan fingerprint density at radius 3 is 2.44 bits per heavy atom. The van der Waals surface area contributed by atoms with Gasteiger partial charge in [-0.25, -0.2) is 0 Å². The molecule has 0 amide bonds. The molecule has 0 heterocycles.